The van der Waals surface area contributed by atoms with E-state index in [2.05, 4.69) is 31.3 Å². The van der Waals surface area contributed by atoms with Gasteiger partial charge >= 0.3 is 0 Å². The van der Waals surface area contributed by atoms with Gasteiger partial charge in [-0.25, -0.2) is 0 Å². The molecule has 0 aliphatic carbocycles. The number of carbonyl (C=O) groups excluding carboxylic acids is 1. The van der Waals surface area contributed by atoms with Crippen LogP contribution in [-0.2, 0) is 0 Å². The molecule has 1 N–H and O–H groups in total. The quantitative estimate of drug-likeness (QED) is 0.603. The van der Waals surface area contributed by atoms with E-state index in [0.717, 1.165) is 22.4 Å². The van der Waals surface area contributed by atoms with Crippen molar-refractivity contribution in [3.8, 4) is 0 Å². The second-order valence-electron chi connectivity index (χ2n) is 5.94. The predicted molar refractivity (Wildman–Crippen MR) is 93.5 cm³/mol. The molecule has 22 heavy (non-hydrogen) atoms. The first-order chi connectivity index (χ1) is 10.5. The van der Waals surface area contributed by atoms with Crippen LogP contribution in [0.4, 0.5) is 5.69 Å². The molecular weight excluding hydrogens is 270 g/mol. The van der Waals surface area contributed by atoms with Gasteiger partial charge < -0.3 is 5.32 Å². The normalized spacial score (nSPS) is 11.1. The zero-order chi connectivity index (χ0) is 16.1. The van der Waals surface area contributed by atoms with Gasteiger partial charge in [0.1, 0.15) is 0 Å². The topological polar surface area (TPSA) is 29.1 Å². The Morgan fingerprint density at radius 1 is 1.05 bits per heavy atom. The van der Waals surface area contributed by atoms with Gasteiger partial charge in [0, 0.05) is 23.5 Å². The third-order valence-corrected chi connectivity index (χ3v) is 3.72. The summed E-state index contributed by atoms with van der Waals surface area (Å²) in [5.41, 5.74) is 5.14. The summed E-state index contributed by atoms with van der Waals surface area (Å²) in [6.45, 7) is 8.30. The Kier molecular flexibility index (Phi) is 5.16. The lowest BCUT2D eigenvalue weighted by atomic mass is 10.0. The van der Waals surface area contributed by atoms with Crippen molar-refractivity contribution in [1.82, 2.24) is 0 Å². The summed E-state index contributed by atoms with van der Waals surface area (Å²) < 4.78 is 0. The predicted octanol–water partition coefficient (Wildman–Crippen LogP) is 5.24. The average Bonchev–Trinajstić information content (AvgIpc) is 2.50. The molecular formula is C20H23NO. The number of benzene rings is 2. The number of anilines is 1. The first-order valence-electron chi connectivity index (χ1n) is 7.62. The molecule has 2 aromatic carbocycles. The van der Waals surface area contributed by atoms with Gasteiger partial charge in [-0.15, -0.1) is 0 Å². The van der Waals surface area contributed by atoms with Crippen molar-refractivity contribution < 1.29 is 4.79 Å². The number of aryl methyl sites for hydroxylation is 2. The van der Waals surface area contributed by atoms with Gasteiger partial charge in [-0.05, 0) is 49.1 Å². The van der Waals surface area contributed by atoms with E-state index in [1.807, 2.05) is 44.2 Å². The van der Waals surface area contributed by atoms with Gasteiger partial charge in [0.25, 0.3) is 0 Å². The Balaban J connectivity index is 2.02. The van der Waals surface area contributed by atoms with Crippen molar-refractivity contribution in [3.05, 3.63) is 77.0 Å². The average molecular weight is 293 g/mol. The van der Waals surface area contributed by atoms with Crippen molar-refractivity contribution in [2.45, 2.75) is 33.6 Å². The van der Waals surface area contributed by atoms with Crippen LogP contribution < -0.4 is 5.32 Å². The Bertz CT molecular complexity index is 681. The van der Waals surface area contributed by atoms with E-state index < -0.39 is 0 Å². The van der Waals surface area contributed by atoms with Crippen LogP contribution in [0.15, 0.2) is 54.7 Å². The molecule has 2 heteroatoms. The van der Waals surface area contributed by atoms with Crippen molar-refractivity contribution >= 4 is 11.5 Å². The fourth-order valence-electron chi connectivity index (χ4n) is 2.27. The summed E-state index contributed by atoms with van der Waals surface area (Å²) >= 11 is 0. The summed E-state index contributed by atoms with van der Waals surface area (Å²) in [7, 11) is 0. The maximum absolute atomic E-state index is 12.2. The van der Waals surface area contributed by atoms with E-state index in [0.29, 0.717) is 5.92 Å². The van der Waals surface area contributed by atoms with Crippen molar-refractivity contribution in [2.75, 3.05) is 5.32 Å². The minimum atomic E-state index is 0.0208. The molecule has 0 saturated carbocycles. The number of rotatable bonds is 5. The third kappa shape index (κ3) is 4.08. The van der Waals surface area contributed by atoms with Crippen LogP contribution in [0.1, 0.15) is 46.8 Å². The van der Waals surface area contributed by atoms with Crippen LogP contribution in [0, 0.1) is 13.8 Å². The van der Waals surface area contributed by atoms with Crippen molar-refractivity contribution in [1.29, 1.82) is 0 Å². The molecule has 0 aromatic heterocycles. The molecule has 0 aliphatic heterocycles. The molecule has 2 nitrogen and oxygen atoms in total. The molecule has 2 rings (SSSR count). The molecule has 0 aliphatic rings. The highest BCUT2D eigenvalue weighted by Crippen LogP contribution is 2.17. The largest absolute Gasteiger partial charge is 0.362 e. The van der Waals surface area contributed by atoms with Gasteiger partial charge in [0.2, 0.25) is 0 Å². The number of hydrogen-bond donors (Lipinski definition) is 1. The van der Waals surface area contributed by atoms with E-state index in [1.54, 1.807) is 12.3 Å². The van der Waals surface area contributed by atoms with E-state index in [-0.39, 0.29) is 5.78 Å². The van der Waals surface area contributed by atoms with Crippen LogP contribution in [0.5, 0.6) is 0 Å². The van der Waals surface area contributed by atoms with Crippen molar-refractivity contribution in [3.63, 3.8) is 0 Å². The van der Waals surface area contributed by atoms with Gasteiger partial charge in [-0.2, -0.15) is 0 Å². The second kappa shape index (κ2) is 7.08. The molecule has 0 spiro atoms. The Morgan fingerprint density at radius 2 is 1.73 bits per heavy atom. The molecule has 2 aromatic rings. The fraction of sp³-hybridized carbons (Fsp3) is 0.250. The lowest BCUT2D eigenvalue weighted by molar-refractivity contribution is 0.104. The maximum atomic E-state index is 12.2. The molecule has 0 fully saturated rings. The first kappa shape index (κ1) is 16.0. The van der Waals surface area contributed by atoms with Crippen LogP contribution in [0.3, 0.4) is 0 Å². The van der Waals surface area contributed by atoms with E-state index in [4.69, 9.17) is 0 Å². The minimum absolute atomic E-state index is 0.0208. The molecule has 0 saturated heterocycles. The maximum Gasteiger partial charge on any atom is 0.187 e. The lowest BCUT2D eigenvalue weighted by Gasteiger charge is -2.07. The molecule has 0 heterocycles. The fourth-order valence-corrected chi connectivity index (χ4v) is 2.27. The monoisotopic (exact) mass is 293 g/mol. The van der Waals surface area contributed by atoms with E-state index in [9.17, 15) is 4.79 Å². The molecule has 114 valence electrons. The highest BCUT2D eigenvalue weighted by molar-refractivity contribution is 6.05. The van der Waals surface area contributed by atoms with E-state index in [1.165, 1.54) is 5.56 Å². The van der Waals surface area contributed by atoms with Crippen molar-refractivity contribution in [2.24, 2.45) is 0 Å². The summed E-state index contributed by atoms with van der Waals surface area (Å²) in [4.78, 5) is 12.2. The van der Waals surface area contributed by atoms with Gasteiger partial charge in [0.05, 0.1) is 0 Å². The summed E-state index contributed by atoms with van der Waals surface area (Å²) in [6, 6.07) is 14.2. The number of carbonyl (C=O) groups is 1. The molecule has 0 unspecified atom stereocenters. The minimum Gasteiger partial charge on any atom is -0.362 e. The van der Waals surface area contributed by atoms with Crippen LogP contribution in [-0.4, -0.2) is 5.78 Å². The Morgan fingerprint density at radius 3 is 2.36 bits per heavy atom. The zero-order valence-electron chi connectivity index (χ0n) is 13.7. The molecule has 0 atom stereocenters. The van der Waals surface area contributed by atoms with Crippen LogP contribution in [0.2, 0.25) is 0 Å². The Labute approximate surface area is 132 Å². The molecule has 0 bridgehead atoms. The van der Waals surface area contributed by atoms with Gasteiger partial charge in [-0.3, -0.25) is 4.79 Å². The number of ketones is 1. The summed E-state index contributed by atoms with van der Waals surface area (Å²) in [6.07, 6.45) is 3.28. The highest BCUT2D eigenvalue weighted by Gasteiger charge is 2.05. The summed E-state index contributed by atoms with van der Waals surface area (Å²) in [5, 5.41) is 3.14. The summed E-state index contributed by atoms with van der Waals surface area (Å²) in [5.74, 6) is 0.544. The standard InChI is InChI=1S/C20H23NO/c1-14(2)17-7-9-18(10-8-17)21-12-11-20(22)19-13-15(3)5-6-16(19)4/h5-14,21H,1-4H3/b12-11+. The third-order valence-electron chi connectivity index (χ3n) is 3.72. The van der Waals surface area contributed by atoms with Crippen LogP contribution in [0.25, 0.3) is 0 Å². The smallest absolute Gasteiger partial charge is 0.187 e. The SMILES string of the molecule is Cc1ccc(C)c(C(=O)/C=C/Nc2ccc(C(C)C)cc2)c1. The zero-order valence-corrected chi connectivity index (χ0v) is 13.7. The van der Waals surface area contributed by atoms with Gasteiger partial charge in [-0.1, -0.05) is 43.7 Å². The number of hydrogen-bond acceptors (Lipinski definition) is 2. The number of nitrogens with one attached hydrogen (secondary N) is 1. The lowest BCUT2D eigenvalue weighted by Crippen LogP contribution is -2.00. The first-order valence-corrected chi connectivity index (χ1v) is 7.62. The van der Waals surface area contributed by atoms with Crippen LogP contribution >= 0.6 is 0 Å². The number of allylic oxidation sites excluding steroid dienone is 1. The molecule has 0 amide bonds. The second-order valence-corrected chi connectivity index (χ2v) is 5.94. The Hall–Kier alpha value is -2.35. The van der Waals surface area contributed by atoms with E-state index >= 15 is 0 Å². The molecule has 0 radical (unpaired) electrons. The van der Waals surface area contributed by atoms with Gasteiger partial charge in [0.15, 0.2) is 5.78 Å². The highest BCUT2D eigenvalue weighted by atomic mass is 16.1.